The van der Waals surface area contributed by atoms with E-state index in [0.717, 1.165) is 17.9 Å². The van der Waals surface area contributed by atoms with Gasteiger partial charge in [0.25, 0.3) is 0 Å². The first-order valence-corrected chi connectivity index (χ1v) is 5.67. The van der Waals surface area contributed by atoms with Gasteiger partial charge in [-0.1, -0.05) is 17.5 Å². The highest BCUT2D eigenvalue weighted by atomic mass is 32.1. The molecule has 2 heterocycles. The van der Waals surface area contributed by atoms with Gasteiger partial charge in [0.05, 0.1) is 12.2 Å². The molecule has 0 amide bonds. The molecule has 0 saturated heterocycles. The summed E-state index contributed by atoms with van der Waals surface area (Å²) in [4.78, 5) is 4.29. The molecule has 0 spiro atoms. The van der Waals surface area contributed by atoms with Gasteiger partial charge in [0.1, 0.15) is 5.82 Å². The first-order chi connectivity index (χ1) is 7.40. The Hall–Kier alpha value is -1.49. The average molecular weight is 220 g/mol. The van der Waals surface area contributed by atoms with E-state index in [1.165, 1.54) is 17.1 Å². The van der Waals surface area contributed by atoms with Crippen molar-refractivity contribution in [3.8, 4) is 0 Å². The van der Waals surface area contributed by atoms with Crippen molar-refractivity contribution in [1.82, 2.24) is 14.6 Å². The monoisotopic (exact) mass is 220 g/mol. The van der Waals surface area contributed by atoms with E-state index in [4.69, 9.17) is 0 Å². The topological polar surface area (TPSA) is 50.7 Å². The maximum Gasteiger partial charge on any atom is 0.129 e. The number of nitrogens with one attached hydrogen (secondary N) is 1. The van der Waals surface area contributed by atoms with Crippen molar-refractivity contribution in [2.45, 2.75) is 19.9 Å². The smallest absolute Gasteiger partial charge is 0.129 e. The van der Waals surface area contributed by atoms with E-state index >= 15 is 0 Å². The van der Waals surface area contributed by atoms with Crippen LogP contribution in [0.3, 0.4) is 0 Å². The molecular weight excluding hydrogens is 208 g/mol. The Labute approximate surface area is 92.5 Å². The van der Waals surface area contributed by atoms with Crippen molar-refractivity contribution < 1.29 is 0 Å². The first kappa shape index (κ1) is 10.0. The largest absolute Gasteiger partial charge is 0.364 e. The number of aryl methyl sites for hydroxylation is 1. The molecule has 0 unspecified atom stereocenters. The minimum absolute atomic E-state index is 0.681. The van der Waals surface area contributed by atoms with Crippen molar-refractivity contribution in [2.24, 2.45) is 0 Å². The van der Waals surface area contributed by atoms with Gasteiger partial charge < -0.3 is 5.32 Å². The van der Waals surface area contributed by atoms with Gasteiger partial charge in [-0.15, -0.1) is 5.10 Å². The van der Waals surface area contributed by atoms with Gasteiger partial charge in [-0.3, -0.25) is 0 Å². The van der Waals surface area contributed by atoms with E-state index in [9.17, 15) is 0 Å². The Morgan fingerprint density at radius 2 is 2.40 bits per heavy atom. The maximum atomic E-state index is 4.29. The average Bonchev–Trinajstić information content (AvgIpc) is 2.79. The third kappa shape index (κ3) is 2.50. The third-order valence-corrected chi connectivity index (χ3v) is 2.67. The van der Waals surface area contributed by atoms with Gasteiger partial charge in [-0.05, 0) is 29.6 Å². The van der Waals surface area contributed by atoms with Crippen LogP contribution in [0.5, 0.6) is 0 Å². The summed E-state index contributed by atoms with van der Waals surface area (Å²) in [5.74, 6) is 0.938. The Kier molecular flexibility index (Phi) is 3.24. The Morgan fingerprint density at radius 1 is 1.47 bits per heavy atom. The molecular formula is C10H12N4S. The van der Waals surface area contributed by atoms with Crippen LogP contribution < -0.4 is 5.32 Å². The predicted molar refractivity (Wildman–Crippen MR) is 60.9 cm³/mol. The van der Waals surface area contributed by atoms with Crippen LogP contribution in [-0.2, 0) is 13.0 Å². The predicted octanol–water partition coefficient (Wildman–Crippen LogP) is 2.11. The lowest BCUT2D eigenvalue weighted by atomic mass is 10.2. The standard InChI is InChI=1S/C10H12N4S/c1-2-8-4-3-5-11-10(8)12-6-9-7-15-14-13-9/h3-5,7H,2,6H2,1H3,(H,11,12). The normalized spacial score (nSPS) is 10.2. The molecule has 78 valence electrons. The molecule has 0 fully saturated rings. The summed E-state index contributed by atoms with van der Waals surface area (Å²) in [6.07, 6.45) is 2.77. The van der Waals surface area contributed by atoms with E-state index in [0.29, 0.717) is 6.54 Å². The molecule has 0 atom stereocenters. The molecule has 0 saturated carbocycles. The molecule has 2 aromatic heterocycles. The van der Waals surface area contributed by atoms with Crippen molar-refractivity contribution >= 4 is 17.4 Å². The van der Waals surface area contributed by atoms with Crippen LogP contribution in [0.2, 0.25) is 0 Å². The van der Waals surface area contributed by atoms with Crippen molar-refractivity contribution in [1.29, 1.82) is 0 Å². The number of aromatic nitrogens is 3. The van der Waals surface area contributed by atoms with E-state index < -0.39 is 0 Å². The SMILES string of the molecule is CCc1cccnc1NCc1csnn1. The van der Waals surface area contributed by atoms with Crippen LogP contribution in [0.15, 0.2) is 23.7 Å². The van der Waals surface area contributed by atoms with Gasteiger partial charge in [0, 0.05) is 11.6 Å². The molecule has 2 aromatic rings. The van der Waals surface area contributed by atoms with Crippen molar-refractivity contribution in [2.75, 3.05) is 5.32 Å². The molecule has 0 aliphatic heterocycles. The molecule has 0 radical (unpaired) electrons. The number of anilines is 1. The molecule has 5 heteroatoms. The molecule has 4 nitrogen and oxygen atoms in total. The first-order valence-electron chi connectivity index (χ1n) is 4.84. The summed E-state index contributed by atoms with van der Waals surface area (Å²) < 4.78 is 3.81. The Morgan fingerprint density at radius 3 is 3.13 bits per heavy atom. The molecule has 0 aromatic carbocycles. The second-order valence-electron chi connectivity index (χ2n) is 3.11. The lowest BCUT2D eigenvalue weighted by molar-refractivity contribution is 0.977. The van der Waals surface area contributed by atoms with Crippen LogP contribution in [0.25, 0.3) is 0 Å². The molecule has 1 N–H and O–H groups in total. The van der Waals surface area contributed by atoms with Crippen LogP contribution in [0, 0.1) is 0 Å². The quantitative estimate of drug-likeness (QED) is 0.857. The summed E-state index contributed by atoms with van der Waals surface area (Å²) in [5.41, 5.74) is 2.17. The van der Waals surface area contributed by atoms with Crippen LogP contribution >= 0.6 is 11.5 Å². The summed E-state index contributed by atoms with van der Waals surface area (Å²) >= 11 is 1.36. The zero-order chi connectivity index (χ0) is 10.5. The van der Waals surface area contributed by atoms with E-state index in [1.54, 1.807) is 6.20 Å². The van der Waals surface area contributed by atoms with Crippen LogP contribution in [-0.4, -0.2) is 14.6 Å². The fourth-order valence-corrected chi connectivity index (χ4v) is 1.77. The second-order valence-corrected chi connectivity index (χ2v) is 3.72. The molecule has 2 rings (SSSR count). The van der Waals surface area contributed by atoms with E-state index in [1.807, 2.05) is 11.4 Å². The summed E-state index contributed by atoms with van der Waals surface area (Å²) in [7, 11) is 0. The van der Waals surface area contributed by atoms with Crippen molar-refractivity contribution in [3.63, 3.8) is 0 Å². The minimum Gasteiger partial charge on any atom is -0.364 e. The molecule has 15 heavy (non-hydrogen) atoms. The van der Waals surface area contributed by atoms with Crippen LogP contribution in [0.4, 0.5) is 5.82 Å². The maximum absolute atomic E-state index is 4.29. The van der Waals surface area contributed by atoms with Crippen molar-refractivity contribution in [3.05, 3.63) is 35.0 Å². The summed E-state index contributed by atoms with van der Waals surface area (Å²) in [5, 5.41) is 9.16. The summed E-state index contributed by atoms with van der Waals surface area (Å²) in [6.45, 7) is 2.80. The number of pyridine rings is 1. The zero-order valence-electron chi connectivity index (χ0n) is 8.47. The lowest BCUT2D eigenvalue weighted by Gasteiger charge is -2.07. The number of rotatable bonds is 4. The van der Waals surface area contributed by atoms with Gasteiger partial charge in [0.15, 0.2) is 0 Å². The number of hydrogen-bond acceptors (Lipinski definition) is 5. The lowest BCUT2D eigenvalue weighted by Crippen LogP contribution is -2.04. The fraction of sp³-hybridized carbons (Fsp3) is 0.300. The molecule has 0 aliphatic carbocycles. The Balaban J connectivity index is 2.04. The third-order valence-electron chi connectivity index (χ3n) is 2.11. The highest BCUT2D eigenvalue weighted by Gasteiger charge is 2.01. The molecule has 0 bridgehead atoms. The van der Waals surface area contributed by atoms with Gasteiger partial charge in [-0.25, -0.2) is 4.98 Å². The number of nitrogens with zero attached hydrogens (tertiary/aromatic N) is 3. The van der Waals surface area contributed by atoms with E-state index in [-0.39, 0.29) is 0 Å². The molecule has 0 aliphatic rings. The number of hydrogen-bond donors (Lipinski definition) is 1. The van der Waals surface area contributed by atoms with Gasteiger partial charge >= 0.3 is 0 Å². The van der Waals surface area contributed by atoms with E-state index in [2.05, 4.69) is 32.9 Å². The summed E-state index contributed by atoms with van der Waals surface area (Å²) in [6, 6.07) is 4.03. The van der Waals surface area contributed by atoms with Crippen LogP contribution in [0.1, 0.15) is 18.2 Å². The highest BCUT2D eigenvalue weighted by Crippen LogP contribution is 2.12. The fourth-order valence-electron chi connectivity index (χ4n) is 1.32. The Bertz CT molecular complexity index is 413. The second kappa shape index (κ2) is 4.84. The minimum atomic E-state index is 0.681. The van der Waals surface area contributed by atoms with Gasteiger partial charge in [-0.2, -0.15) is 0 Å². The van der Waals surface area contributed by atoms with Gasteiger partial charge in [0.2, 0.25) is 0 Å². The zero-order valence-corrected chi connectivity index (χ0v) is 9.29. The highest BCUT2D eigenvalue weighted by molar-refractivity contribution is 7.03.